The highest BCUT2D eigenvalue weighted by atomic mass is 127. The van der Waals surface area contributed by atoms with Gasteiger partial charge in [-0.15, -0.1) is 0 Å². The van der Waals surface area contributed by atoms with Gasteiger partial charge in [-0.3, -0.25) is 0 Å². The van der Waals surface area contributed by atoms with Gasteiger partial charge in [-0.2, -0.15) is 0 Å². The van der Waals surface area contributed by atoms with Crippen molar-refractivity contribution in [2.24, 2.45) is 0 Å². The molecule has 1 atom stereocenters. The third-order valence-electron chi connectivity index (χ3n) is 2.74. The van der Waals surface area contributed by atoms with E-state index in [9.17, 15) is 0 Å². The van der Waals surface area contributed by atoms with Gasteiger partial charge in [-0.1, -0.05) is 64.0 Å². The molecule has 0 amide bonds. The van der Waals surface area contributed by atoms with Gasteiger partial charge in [0.2, 0.25) is 0 Å². The summed E-state index contributed by atoms with van der Waals surface area (Å²) in [7, 11) is 0. The topological polar surface area (TPSA) is 0 Å². The molecular weight excluding hydrogens is 387 g/mol. The molecule has 0 fully saturated rings. The standard InChI is InChI=1S/C15H14BrI/c1-11-5-4-6-12(9-11)10-14(16)13-7-2-3-8-15(13)17/h2-9,14H,10H2,1H3. The minimum Gasteiger partial charge on any atom is -0.0835 e. The molecule has 0 saturated heterocycles. The summed E-state index contributed by atoms with van der Waals surface area (Å²) in [4.78, 5) is 0.386. The van der Waals surface area contributed by atoms with Crippen LogP contribution < -0.4 is 0 Å². The van der Waals surface area contributed by atoms with E-state index in [-0.39, 0.29) is 0 Å². The molecule has 0 aliphatic heterocycles. The molecule has 1 unspecified atom stereocenters. The Labute approximate surface area is 125 Å². The van der Waals surface area contributed by atoms with Crippen LogP contribution in [0.3, 0.4) is 0 Å². The van der Waals surface area contributed by atoms with Crippen molar-refractivity contribution in [3.63, 3.8) is 0 Å². The van der Waals surface area contributed by atoms with Crippen LogP contribution in [0.15, 0.2) is 48.5 Å². The van der Waals surface area contributed by atoms with E-state index in [2.05, 4.69) is 94.0 Å². The summed E-state index contributed by atoms with van der Waals surface area (Å²) in [6.45, 7) is 2.14. The molecule has 0 nitrogen and oxygen atoms in total. The van der Waals surface area contributed by atoms with E-state index in [1.807, 2.05) is 0 Å². The second-order valence-electron chi connectivity index (χ2n) is 4.18. The minimum absolute atomic E-state index is 0.386. The fourth-order valence-electron chi connectivity index (χ4n) is 1.89. The average molecular weight is 401 g/mol. The number of rotatable bonds is 3. The van der Waals surface area contributed by atoms with Crippen molar-refractivity contribution < 1.29 is 0 Å². The molecule has 2 heteroatoms. The summed E-state index contributed by atoms with van der Waals surface area (Å²) < 4.78 is 1.32. The van der Waals surface area contributed by atoms with Gasteiger partial charge in [0.15, 0.2) is 0 Å². The van der Waals surface area contributed by atoms with E-state index in [1.165, 1.54) is 20.3 Å². The van der Waals surface area contributed by atoms with Crippen LogP contribution in [-0.4, -0.2) is 0 Å². The molecule has 0 aliphatic carbocycles. The molecule has 0 aliphatic rings. The first-order valence-electron chi connectivity index (χ1n) is 5.61. The first-order valence-corrected chi connectivity index (χ1v) is 7.60. The maximum Gasteiger partial charge on any atom is 0.0446 e. The molecule has 2 aromatic rings. The fraction of sp³-hybridized carbons (Fsp3) is 0.200. The Hall–Kier alpha value is -0.350. The lowest BCUT2D eigenvalue weighted by Crippen LogP contribution is -1.98. The Morgan fingerprint density at radius 2 is 1.88 bits per heavy atom. The van der Waals surface area contributed by atoms with Crippen LogP contribution in [0.2, 0.25) is 0 Å². The quantitative estimate of drug-likeness (QED) is 0.485. The van der Waals surface area contributed by atoms with Gasteiger partial charge in [0.1, 0.15) is 0 Å². The molecule has 17 heavy (non-hydrogen) atoms. The van der Waals surface area contributed by atoms with E-state index in [1.54, 1.807) is 0 Å². The van der Waals surface area contributed by atoms with Gasteiger partial charge in [0, 0.05) is 8.40 Å². The molecule has 2 rings (SSSR count). The van der Waals surface area contributed by atoms with Crippen LogP contribution in [0.1, 0.15) is 21.5 Å². The monoisotopic (exact) mass is 400 g/mol. The predicted octanol–water partition coefficient (Wildman–Crippen LogP) is 5.28. The Morgan fingerprint density at radius 3 is 2.59 bits per heavy atom. The van der Waals surface area contributed by atoms with E-state index < -0.39 is 0 Å². The molecule has 0 radical (unpaired) electrons. The third kappa shape index (κ3) is 3.55. The lowest BCUT2D eigenvalue weighted by Gasteiger charge is -2.12. The van der Waals surface area contributed by atoms with Crippen LogP contribution in [0.4, 0.5) is 0 Å². The van der Waals surface area contributed by atoms with Crippen molar-refractivity contribution in [2.75, 3.05) is 0 Å². The van der Waals surface area contributed by atoms with Crippen molar-refractivity contribution >= 4 is 38.5 Å². The lowest BCUT2D eigenvalue weighted by atomic mass is 10.0. The van der Waals surface area contributed by atoms with Gasteiger partial charge >= 0.3 is 0 Å². The summed E-state index contributed by atoms with van der Waals surface area (Å²) >= 11 is 6.19. The van der Waals surface area contributed by atoms with Gasteiger partial charge in [0.05, 0.1) is 0 Å². The Morgan fingerprint density at radius 1 is 1.12 bits per heavy atom. The Balaban J connectivity index is 2.17. The zero-order valence-corrected chi connectivity index (χ0v) is 13.4. The van der Waals surface area contributed by atoms with Gasteiger partial charge in [0.25, 0.3) is 0 Å². The van der Waals surface area contributed by atoms with Gasteiger partial charge < -0.3 is 0 Å². The number of aryl methyl sites for hydroxylation is 1. The van der Waals surface area contributed by atoms with Crippen LogP contribution in [0.25, 0.3) is 0 Å². The minimum atomic E-state index is 0.386. The van der Waals surface area contributed by atoms with E-state index >= 15 is 0 Å². The molecule has 0 heterocycles. The fourth-order valence-corrected chi connectivity index (χ4v) is 3.85. The number of halogens is 2. The largest absolute Gasteiger partial charge is 0.0835 e. The number of alkyl halides is 1. The molecule has 0 bridgehead atoms. The highest BCUT2D eigenvalue weighted by molar-refractivity contribution is 14.1. The van der Waals surface area contributed by atoms with Crippen molar-refractivity contribution in [2.45, 2.75) is 18.2 Å². The van der Waals surface area contributed by atoms with Crippen LogP contribution in [0.5, 0.6) is 0 Å². The Bertz CT molecular complexity index is 508. The molecule has 0 spiro atoms. The summed E-state index contributed by atoms with van der Waals surface area (Å²) in [5.41, 5.74) is 4.08. The predicted molar refractivity (Wildman–Crippen MR) is 85.7 cm³/mol. The molecule has 2 aromatic carbocycles. The smallest absolute Gasteiger partial charge is 0.0446 e. The zero-order chi connectivity index (χ0) is 12.3. The number of hydrogen-bond donors (Lipinski definition) is 0. The second-order valence-corrected chi connectivity index (χ2v) is 6.45. The molecular formula is C15H14BrI. The average Bonchev–Trinajstić information content (AvgIpc) is 2.29. The van der Waals surface area contributed by atoms with E-state index in [0.717, 1.165) is 6.42 Å². The lowest BCUT2D eigenvalue weighted by molar-refractivity contribution is 0.941. The summed E-state index contributed by atoms with van der Waals surface area (Å²) in [6.07, 6.45) is 1.03. The summed E-state index contributed by atoms with van der Waals surface area (Å²) in [5.74, 6) is 0. The molecule has 0 saturated carbocycles. The van der Waals surface area contributed by atoms with Crippen molar-refractivity contribution in [1.82, 2.24) is 0 Å². The van der Waals surface area contributed by atoms with E-state index in [0.29, 0.717) is 4.83 Å². The molecule has 0 aromatic heterocycles. The van der Waals surface area contributed by atoms with Crippen molar-refractivity contribution in [3.8, 4) is 0 Å². The van der Waals surface area contributed by atoms with Crippen molar-refractivity contribution in [3.05, 3.63) is 68.8 Å². The molecule has 88 valence electrons. The normalized spacial score (nSPS) is 12.4. The van der Waals surface area contributed by atoms with Crippen molar-refractivity contribution in [1.29, 1.82) is 0 Å². The van der Waals surface area contributed by atoms with E-state index in [4.69, 9.17) is 0 Å². The van der Waals surface area contributed by atoms with Crippen LogP contribution in [-0.2, 0) is 6.42 Å². The first-order chi connectivity index (χ1) is 8.16. The van der Waals surface area contributed by atoms with Crippen LogP contribution in [0, 0.1) is 10.5 Å². The highest BCUT2D eigenvalue weighted by Gasteiger charge is 2.11. The maximum atomic E-state index is 3.79. The molecule has 0 N–H and O–H groups in total. The third-order valence-corrected chi connectivity index (χ3v) is 4.54. The van der Waals surface area contributed by atoms with Crippen LogP contribution >= 0.6 is 38.5 Å². The highest BCUT2D eigenvalue weighted by Crippen LogP contribution is 2.30. The Kier molecular flexibility index (Phi) is 4.62. The second kappa shape index (κ2) is 6.01. The summed E-state index contributed by atoms with van der Waals surface area (Å²) in [6, 6.07) is 17.2. The maximum absolute atomic E-state index is 3.79. The summed E-state index contributed by atoms with van der Waals surface area (Å²) in [5, 5.41) is 0. The number of benzene rings is 2. The first kappa shape index (κ1) is 13.1. The van der Waals surface area contributed by atoms with Gasteiger partial charge in [-0.05, 0) is 53.1 Å². The number of hydrogen-bond acceptors (Lipinski definition) is 0. The zero-order valence-electron chi connectivity index (χ0n) is 9.66. The van der Waals surface area contributed by atoms with Gasteiger partial charge in [-0.25, -0.2) is 0 Å². The SMILES string of the molecule is Cc1cccc(CC(Br)c2ccccc2I)c1.